The highest BCUT2D eigenvalue weighted by molar-refractivity contribution is 8.16. The SMILES string of the molecule is CCCCOC1(C)SC(CC2CCCCCC2)=NC1=O. The topological polar surface area (TPSA) is 38.7 Å². The van der Waals surface area contributed by atoms with E-state index in [1.54, 1.807) is 11.8 Å². The third-order valence-electron chi connectivity index (χ3n) is 4.24. The third-order valence-corrected chi connectivity index (χ3v) is 5.42. The van der Waals surface area contributed by atoms with Crippen molar-refractivity contribution in [2.75, 3.05) is 6.61 Å². The molecular weight excluding hydrogens is 270 g/mol. The first-order valence-electron chi connectivity index (χ1n) is 8.09. The van der Waals surface area contributed by atoms with Gasteiger partial charge >= 0.3 is 0 Å². The number of nitrogens with zero attached hydrogens (tertiary/aromatic N) is 1. The fourth-order valence-electron chi connectivity index (χ4n) is 2.91. The van der Waals surface area contributed by atoms with Crippen LogP contribution >= 0.6 is 11.8 Å². The van der Waals surface area contributed by atoms with Crippen molar-refractivity contribution in [3.8, 4) is 0 Å². The summed E-state index contributed by atoms with van der Waals surface area (Å²) in [6, 6.07) is 0. The molecule has 3 nitrogen and oxygen atoms in total. The Bertz CT molecular complexity index is 361. The fourth-order valence-corrected chi connectivity index (χ4v) is 4.08. The summed E-state index contributed by atoms with van der Waals surface area (Å²) in [6.07, 6.45) is 11.1. The Morgan fingerprint density at radius 3 is 2.65 bits per heavy atom. The number of carbonyl (C=O) groups excluding carboxylic acids is 1. The Morgan fingerprint density at radius 2 is 2.00 bits per heavy atom. The Balaban J connectivity index is 1.84. The molecule has 1 fully saturated rings. The van der Waals surface area contributed by atoms with Crippen LogP contribution < -0.4 is 0 Å². The molecule has 1 heterocycles. The summed E-state index contributed by atoms with van der Waals surface area (Å²) >= 11 is 1.55. The van der Waals surface area contributed by atoms with Gasteiger partial charge < -0.3 is 4.74 Å². The van der Waals surface area contributed by atoms with Gasteiger partial charge in [-0.25, -0.2) is 4.99 Å². The van der Waals surface area contributed by atoms with Crippen molar-refractivity contribution in [2.24, 2.45) is 10.9 Å². The lowest BCUT2D eigenvalue weighted by molar-refractivity contribution is -0.130. The lowest BCUT2D eigenvalue weighted by atomic mass is 9.97. The maximum Gasteiger partial charge on any atom is 0.289 e. The zero-order chi connectivity index (χ0) is 14.4. The van der Waals surface area contributed by atoms with Crippen molar-refractivity contribution in [1.82, 2.24) is 0 Å². The van der Waals surface area contributed by atoms with Crippen LogP contribution in [-0.2, 0) is 9.53 Å². The molecule has 1 aliphatic carbocycles. The molecule has 0 N–H and O–H groups in total. The molecule has 0 spiro atoms. The summed E-state index contributed by atoms with van der Waals surface area (Å²) in [5.41, 5.74) is 0. The molecule has 0 aromatic carbocycles. The van der Waals surface area contributed by atoms with E-state index in [-0.39, 0.29) is 5.91 Å². The predicted molar refractivity (Wildman–Crippen MR) is 85.1 cm³/mol. The quantitative estimate of drug-likeness (QED) is 0.533. The van der Waals surface area contributed by atoms with Crippen LogP contribution in [0.3, 0.4) is 0 Å². The van der Waals surface area contributed by atoms with Gasteiger partial charge in [0.05, 0.1) is 5.04 Å². The Morgan fingerprint density at radius 1 is 1.30 bits per heavy atom. The van der Waals surface area contributed by atoms with Crippen LogP contribution in [0.25, 0.3) is 0 Å². The van der Waals surface area contributed by atoms with Crippen molar-refractivity contribution >= 4 is 22.7 Å². The first kappa shape index (κ1) is 16.0. The van der Waals surface area contributed by atoms with Crippen LogP contribution in [0, 0.1) is 5.92 Å². The van der Waals surface area contributed by atoms with Gasteiger partial charge in [0.25, 0.3) is 5.91 Å². The van der Waals surface area contributed by atoms with Gasteiger partial charge in [-0.05, 0) is 25.7 Å². The maximum atomic E-state index is 12.1. The molecule has 0 radical (unpaired) electrons. The number of hydrogen-bond acceptors (Lipinski definition) is 3. The number of amides is 1. The maximum absolute atomic E-state index is 12.1. The normalized spacial score (nSPS) is 28.5. The summed E-state index contributed by atoms with van der Waals surface area (Å²) in [5.74, 6) is 0.622. The Labute approximate surface area is 126 Å². The average Bonchev–Trinajstić information content (AvgIpc) is 2.60. The van der Waals surface area contributed by atoms with Gasteiger partial charge in [0.1, 0.15) is 0 Å². The van der Waals surface area contributed by atoms with Crippen LogP contribution in [0.15, 0.2) is 4.99 Å². The zero-order valence-corrected chi connectivity index (χ0v) is 13.6. The lowest BCUT2D eigenvalue weighted by Crippen LogP contribution is -2.31. The summed E-state index contributed by atoms with van der Waals surface area (Å²) in [7, 11) is 0. The van der Waals surface area contributed by atoms with Gasteiger partial charge in [0.15, 0.2) is 4.93 Å². The highest BCUT2D eigenvalue weighted by Crippen LogP contribution is 2.39. The van der Waals surface area contributed by atoms with Crippen molar-refractivity contribution in [3.63, 3.8) is 0 Å². The molecule has 1 amide bonds. The number of carbonyl (C=O) groups is 1. The molecule has 114 valence electrons. The van der Waals surface area contributed by atoms with E-state index < -0.39 is 4.93 Å². The molecule has 0 aromatic heterocycles. The Kier molecular flexibility index (Phi) is 6.09. The van der Waals surface area contributed by atoms with Crippen LogP contribution in [0.1, 0.15) is 71.6 Å². The minimum absolute atomic E-state index is 0.0952. The predicted octanol–water partition coefficient (Wildman–Crippen LogP) is 4.55. The van der Waals surface area contributed by atoms with Gasteiger partial charge in [0.2, 0.25) is 0 Å². The fraction of sp³-hybridized carbons (Fsp3) is 0.875. The standard InChI is InChI=1S/C16H27NO2S/c1-3-4-11-19-16(2)15(18)17-14(20-16)12-13-9-7-5-6-8-10-13/h13H,3-12H2,1-2H3. The summed E-state index contributed by atoms with van der Waals surface area (Å²) in [4.78, 5) is 15.6. The molecule has 4 heteroatoms. The lowest BCUT2D eigenvalue weighted by Gasteiger charge is -2.21. The molecule has 20 heavy (non-hydrogen) atoms. The van der Waals surface area contributed by atoms with Crippen molar-refractivity contribution in [1.29, 1.82) is 0 Å². The van der Waals surface area contributed by atoms with Crippen LogP contribution in [0.4, 0.5) is 0 Å². The Hall–Kier alpha value is -0.350. The number of thioether (sulfide) groups is 1. The molecule has 2 aliphatic rings. The first-order chi connectivity index (χ1) is 9.64. The van der Waals surface area contributed by atoms with E-state index in [1.165, 1.54) is 38.5 Å². The molecule has 1 aliphatic heterocycles. The van der Waals surface area contributed by atoms with Crippen molar-refractivity contribution in [2.45, 2.75) is 76.6 Å². The van der Waals surface area contributed by atoms with Crippen molar-refractivity contribution < 1.29 is 9.53 Å². The molecule has 1 saturated carbocycles. The van der Waals surface area contributed by atoms with E-state index in [4.69, 9.17) is 4.74 Å². The van der Waals surface area contributed by atoms with Gasteiger partial charge in [0, 0.05) is 6.61 Å². The van der Waals surface area contributed by atoms with E-state index >= 15 is 0 Å². The van der Waals surface area contributed by atoms with E-state index in [0.717, 1.165) is 30.2 Å². The average molecular weight is 297 g/mol. The largest absolute Gasteiger partial charge is 0.355 e. The van der Waals surface area contributed by atoms with E-state index in [2.05, 4.69) is 11.9 Å². The number of rotatable bonds is 6. The number of ether oxygens (including phenoxy) is 1. The first-order valence-corrected chi connectivity index (χ1v) is 8.90. The second kappa shape index (κ2) is 7.60. The molecule has 0 aromatic rings. The summed E-state index contributed by atoms with van der Waals surface area (Å²) in [5, 5.41) is 1.00. The van der Waals surface area contributed by atoms with Crippen LogP contribution in [-0.4, -0.2) is 22.5 Å². The van der Waals surface area contributed by atoms with Crippen molar-refractivity contribution in [3.05, 3.63) is 0 Å². The summed E-state index contributed by atoms with van der Waals surface area (Å²) < 4.78 is 5.79. The molecular formula is C16H27NO2S. The minimum atomic E-state index is -0.755. The van der Waals surface area contributed by atoms with Crippen LogP contribution in [0.5, 0.6) is 0 Å². The second-order valence-corrected chi connectivity index (χ2v) is 7.58. The highest BCUT2D eigenvalue weighted by Gasteiger charge is 2.42. The monoisotopic (exact) mass is 297 g/mol. The number of hydrogen-bond donors (Lipinski definition) is 0. The zero-order valence-electron chi connectivity index (χ0n) is 12.8. The number of aliphatic imine (C=N–C) groups is 1. The molecule has 1 unspecified atom stereocenters. The minimum Gasteiger partial charge on any atom is -0.355 e. The van der Waals surface area contributed by atoms with Gasteiger partial charge in [-0.2, -0.15) is 0 Å². The van der Waals surface area contributed by atoms with Crippen LogP contribution in [0.2, 0.25) is 0 Å². The smallest absolute Gasteiger partial charge is 0.289 e. The number of unbranched alkanes of at least 4 members (excludes halogenated alkanes) is 1. The van der Waals surface area contributed by atoms with E-state index in [9.17, 15) is 4.79 Å². The molecule has 0 bridgehead atoms. The second-order valence-electron chi connectivity index (χ2n) is 6.12. The van der Waals surface area contributed by atoms with Gasteiger partial charge in [-0.1, -0.05) is 63.6 Å². The van der Waals surface area contributed by atoms with Gasteiger partial charge in [-0.15, -0.1) is 0 Å². The van der Waals surface area contributed by atoms with E-state index in [1.807, 2.05) is 6.92 Å². The van der Waals surface area contributed by atoms with Gasteiger partial charge in [-0.3, -0.25) is 4.79 Å². The summed E-state index contributed by atoms with van der Waals surface area (Å²) in [6.45, 7) is 4.65. The molecule has 0 saturated heterocycles. The van der Waals surface area contributed by atoms with E-state index in [0.29, 0.717) is 6.61 Å². The molecule has 2 rings (SSSR count). The highest BCUT2D eigenvalue weighted by atomic mass is 32.2. The third kappa shape index (κ3) is 4.32. The molecule has 1 atom stereocenters.